The van der Waals surface area contributed by atoms with E-state index in [1.165, 1.54) is 21.7 Å². The molecule has 31 heavy (non-hydrogen) atoms. The van der Waals surface area contributed by atoms with Crippen molar-refractivity contribution < 1.29 is 17.8 Å². The number of rotatable bonds is 4. The van der Waals surface area contributed by atoms with Crippen molar-refractivity contribution in [2.45, 2.75) is 17.7 Å². The van der Waals surface area contributed by atoms with E-state index < -0.39 is 10.0 Å². The lowest BCUT2D eigenvalue weighted by Gasteiger charge is -2.30. The predicted octanol–water partition coefficient (Wildman–Crippen LogP) is 3.53. The molecule has 0 aliphatic carbocycles. The summed E-state index contributed by atoms with van der Waals surface area (Å²) in [5.74, 6) is -0.426. The van der Waals surface area contributed by atoms with Crippen molar-refractivity contribution in [3.63, 3.8) is 0 Å². The molecule has 2 aromatic heterocycles. The SMILES string of the molecule is O=C(Nc1ccc2scnc2c1)C1CCN(S(=O)(=O)c2c(Cl)ccc3nonc23)CC1. The van der Waals surface area contributed by atoms with Crippen LogP contribution in [0.2, 0.25) is 5.02 Å². The fraction of sp³-hybridized carbons (Fsp3) is 0.263. The average molecular weight is 478 g/mol. The Bertz CT molecular complexity index is 1390. The van der Waals surface area contributed by atoms with Gasteiger partial charge in [-0.3, -0.25) is 4.79 Å². The van der Waals surface area contributed by atoms with E-state index in [-0.39, 0.29) is 40.3 Å². The number of carbonyl (C=O) groups is 1. The van der Waals surface area contributed by atoms with Crippen LogP contribution in [0.25, 0.3) is 21.3 Å². The van der Waals surface area contributed by atoms with Crippen molar-refractivity contribution >= 4 is 65.8 Å². The number of carbonyl (C=O) groups excluding carboxylic acids is 1. The zero-order chi connectivity index (χ0) is 21.6. The standard InChI is InChI=1S/C19H16ClN5O4S2/c20-13-2-3-14-17(24-29-23-14)18(13)31(27,28)25-7-5-11(6-8-25)19(26)22-12-1-4-16-15(9-12)21-10-30-16/h1-4,9-11H,5-8H2,(H,22,26). The quantitative estimate of drug-likeness (QED) is 0.477. The first kappa shape index (κ1) is 20.3. The van der Waals surface area contributed by atoms with Gasteiger partial charge in [-0.05, 0) is 53.5 Å². The number of thiazole rings is 1. The Balaban J connectivity index is 1.29. The largest absolute Gasteiger partial charge is 0.326 e. The van der Waals surface area contributed by atoms with Gasteiger partial charge in [0.1, 0.15) is 10.4 Å². The Morgan fingerprint density at radius 3 is 2.77 bits per heavy atom. The smallest absolute Gasteiger partial charge is 0.246 e. The highest BCUT2D eigenvalue weighted by atomic mass is 35.5. The maximum Gasteiger partial charge on any atom is 0.246 e. The van der Waals surface area contributed by atoms with E-state index in [9.17, 15) is 13.2 Å². The van der Waals surface area contributed by atoms with Crippen molar-refractivity contribution in [1.29, 1.82) is 0 Å². The summed E-state index contributed by atoms with van der Waals surface area (Å²) in [6.45, 7) is 0.396. The molecule has 9 nitrogen and oxygen atoms in total. The minimum atomic E-state index is -3.92. The van der Waals surface area contributed by atoms with Crippen LogP contribution >= 0.6 is 22.9 Å². The molecule has 12 heteroatoms. The fourth-order valence-corrected chi connectivity index (χ4v) is 6.47. The molecule has 1 aliphatic heterocycles. The summed E-state index contributed by atoms with van der Waals surface area (Å²) in [6, 6.07) is 8.60. The minimum Gasteiger partial charge on any atom is -0.326 e. The molecular weight excluding hydrogens is 462 g/mol. The Hall–Kier alpha value is -2.60. The number of anilines is 1. The number of fused-ring (bicyclic) bond motifs is 2. The predicted molar refractivity (Wildman–Crippen MR) is 117 cm³/mol. The number of sulfonamides is 1. The van der Waals surface area contributed by atoms with Gasteiger partial charge in [0.15, 0.2) is 5.52 Å². The molecule has 1 N–H and O–H groups in total. The van der Waals surface area contributed by atoms with Crippen LogP contribution in [-0.4, -0.2) is 47.0 Å². The summed E-state index contributed by atoms with van der Waals surface area (Å²) in [7, 11) is -3.92. The zero-order valence-corrected chi connectivity index (χ0v) is 18.4. The summed E-state index contributed by atoms with van der Waals surface area (Å²) < 4.78 is 33.5. The summed E-state index contributed by atoms with van der Waals surface area (Å²) in [5, 5.41) is 10.4. The molecule has 160 valence electrons. The van der Waals surface area contributed by atoms with E-state index in [1.807, 2.05) is 18.2 Å². The lowest BCUT2D eigenvalue weighted by atomic mass is 9.97. The number of benzene rings is 2. The summed E-state index contributed by atoms with van der Waals surface area (Å²) in [4.78, 5) is 16.9. The molecule has 5 rings (SSSR count). The van der Waals surface area contributed by atoms with Crippen LogP contribution in [0, 0.1) is 5.92 Å². The topological polar surface area (TPSA) is 118 Å². The molecule has 0 spiro atoms. The van der Waals surface area contributed by atoms with Crippen LogP contribution in [-0.2, 0) is 14.8 Å². The second-order valence-electron chi connectivity index (χ2n) is 7.21. The van der Waals surface area contributed by atoms with Gasteiger partial charge < -0.3 is 5.32 Å². The van der Waals surface area contributed by atoms with Gasteiger partial charge in [0.2, 0.25) is 15.9 Å². The highest BCUT2D eigenvalue weighted by Gasteiger charge is 2.35. The van der Waals surface area contributed by atoms with E-state index in [1.54, 1.807) is 11.6 Å². The van der Waals surface area contributed by atoms with Crippen molar-refractivity contribution in [1.82, 2.24) is 19.6 Å². The van der Waals surface area contributed by atoms with Gasteiger partial charge in [-0.1, -0.05) is 11.6 Å². The van der Waals surface area contributed by atoms with Crippen molar-refractivity contribution in [2.75, 3.05) is 18.4 Å². The molecule has 1 aliphatic rings. The van der Waals surface area contributed by atoms with Crippen molar-refractivity contribution in [2.24, 2.45) is 5.92 Å². The first-order valence-electron chi connectivity index (χ1n) is 9.48. The number of aromatic nitrogens is 3. The van der Waals surface area contributed by atoms with Crippen LogP contribution in [0.15, 0.2) is 45.4 Å². The molecule has 0 atom stereocenters. The Morgan fingerprint density at radius 1 is 1.16 bits per heavy atom. The average Bonchev–Trinajstić information content (AvgIpc) is 3.42. The number of piperidine rings is 1. The summed E-state index contributed by atoms with van der Waals surface area (Å²) >= 11 is 7.72. The number of hydrogen-bond donors (Lipinski definition) is 1. The lowest BCUT2D eigenvalue weighted by Crippen LogP contribution is -2.41. The molecule has 1 saturated heterocycles. The monoisotopic (exact) mass is 477 g/mol. The number of hydrogen-bond acceptors (Lipinski definition) is 8. The van der Waals surface area contributed by atoms with E-state index >= 15 is 0 Å². The Kier molecular flexibility index (Phi) is 5.13. The highest BCUT2D eigenvalue weighted by molar-refractivity contribution is 7.89. The third kappa shape index (κ3) is 3.67. The summed E-state index contributed by atoms with van der Waals surface area (Å²) in [6.07, 6.45) is 0.795. The fourth-order valence-electron chi connectivity index (χ4n) is 3.72. The molecule has 4 aromatic rings. The van der Waals surface area contributed by atoms with E-state index in [0.717, 1.165) is 10.2 Å². The van der Waals surface area contributed by atoms with Crippen LogP contribution in [0.3, 0.4) is 0 Å². The molecule has 2 aromatic carbocycles. The van der Waals surface area contributed by atoms with Crippen LogP contribution in [0.4, 0.5) is 5.69 Å². The van der Waals surface area contributed by atoms with Gasteiger partial charge in [-0.25, -0.2) is 18.0 Å². The first-order valence-corrected chi connectivity index (χ1v) is 12.2. The van der Waals surface area contributed by atoms with Gasteiger partial charge >= 0.3 is 0 Å². The summed E-state index contributed by atoms with van der Waals surface area (Å²) in [5.41, 5.74) is 3.68. The van der Waals surface area contributed by atoms with Crippen LogP contribution < -0.4 is 5.32 Å². The van der Waals surface area contributed by atoms with Gasteiger partial charge in [-0.2, -0.15) is 4.31 Å². The first-order chi connectivity index (χ1) is 14.9. The lowest BCUT2D eigenvalue weighted by molar-refractivity contribution is -0.120. The molecule has 0 unspecified atom stereocenters. The molecule has 1 fully saturated rings. The third-order valence-corrected chi connectivity index (χ3v) is 8.57. The molecule has 1 amide bonds. The van der Waals surface area contributed by atoms with Gasteiger partial charge in [0.25, 0.3) is 0 Å². The van der Waals surface area contributed by atoms with Gasteiger partial charge in [-0.15, -0.1) is 11.3 Å². The number of nitrogens with one attached hydrogen (secondary N) is 1. The second kappa shape index (κ2) is 7.83. The van der Waals surface area contributed by atoms with Crippen molar-refractivity contribution in [3.05, 3.63) is 40.9 Å². The van der Waals surface area contributed by atoms with Gasteiger partial charge in [0, 0.05) is 24.7 Å². The maximum atomic E-state index is 13.2. The van der Waals surface area contributed by atoms with E-state index in [0.29, 0.717) is 24.0 Å². The van der Waals surface area contributed by atoms with Crippen molar-refractivity contribution in [3.8, 4) is 0 Å². The van der Waals surface area contributed by atoms with Gasteiger partial charge in [0.05, 0.1) is 20.7 Å². The van der Waals surface area contributed by atoms with Crippen LogP contribution in [0.1, 0.15) is 12.8 Å². The Morgan fingerprint density at radius 2 is 1.97 bits per heavy atom. The van der Waals surface area contributed by atoms with E-state index in [4.69, 9.17) is 11.6 Å². The number of amides is 1. The van der Waals surface area contributed by atoms with E-state index in [2.05, 4.69) is 25.2 Å². The molecular formula is C19H16ClN5O4S2. The minimum absolute atomic E-state index is 0.0560. The zero-order valence-electron chi connectivity index (χ0n) is 16.0. The second-order valence-corrected chi connectivity index (χ2v) is 10.4. The number of halogens is 1. The highest BCUT2D eigenvalue weighted by Crippen LogP contribution is 2.33. The third-order valence-electron chi connectivity index (χ3n) is 5.35. The normalized spacial score (nSPS) is 16.2. The molecule has 0 bridgehead atoms. The Labute approximate surface area is 186 Å². The molecule has 0 radical (unpaired) electrons. The maximum absolute atomic E-state index is 13.2. The molecule has 3 heterocycles. The number of nitrogens with zero attached hydrogens (tertiary/aromatic N) is 4. The molecule has 0 saturated carbocycles. The van der Waals surface area contributed by atoms with Crippen LogP contribution in [0.5, 0.6) is 0 Å².